The van der Waals surface area contributed by atoms with Crippen LogP contribution in [0.1, 0.15) is 5.56 Å². The van der Waals surface area contributed by atoms with E-state index in [2.05, 4.69) is 39.1 Å². The Morgan fingerprint density at radius 3 is 2.62 bits per heavy atom. The molecule has 1 N–H and O–H groups in total. The van der Waals surface area contributed by atoms with Crippen LogP contribution in [0.3, 0.4) is 0 Å². The van der Waals surface area contributed by atoms with Crippen molar-refractivity contribution < 1.29 is 4.74 Å². The summed E-state index contributed by atoms with van der Waals surface area (Å²) in [4.78, 5) is 32.8. The van der Waals surface area contributed by atoms with Crippen LogP contribution in [0.2, 0.25) is 0 Å². The Bertz CT molecular complexity index is 1130. The monoisotopic (exact) mass is 351 g/mol. The highest BCUT2D eigenvalue weighted by molar-refractivity contribution is 5.81. The first-order valence-electron chi connectivity index (χ1n) is 8.56. The molecule has 0 spiro atoms. The average molecular weight is 351 g/mol. The lowest BCUT2D eigenvalue weighted by atomic mass is 10.1. The van der Waals surface area contributed by atoms with E-state index < -0.39 is 11.2 Å². The Labute approximate surface area is 148 Å². The Morgan fingerprint density at radius 2 is 1.85 bits per heavy atom. The Balaban J connectivity index is 1.56. The summed E-state index contributed by atoms with van der Waals surface area (Å²) >= 11 is 0. The molecule has 4 heterocycles. The number of allylic oxidation sites excluding steroid dienone is 1. The predicted molar refractivity (Wildman–Crippen MR) is 97.5 cm³/mol. The highest BCUT2D eigenvalue weighted by Crippen LogP contribution is 2.26. The minimum Gasteiger partial charge on any atom is -0.378 e. The molecule has 3 aromatic rings. The molecule has 0 amide bonds. The van der Waals surface area contributed by atoms with E-state index >= 15 is 0 Å². The van der Waals surface area contributed by atoms with Crippen molar-refractivity contribution in [3.63, 3.8) is 0 Å². The normalized spacial score (nSPS) is 16.8. The molecule has 1 aromatic carbocycles. The van der Waals surface area contributed by atoms with E-state index in [0.29, 0.717) is 12.2 Å². The average Bonchev–Trinajstić information content (AvgIpc) is 3.13. The number of rotatable bonds is 2. The number of imidazole rings is 1. The van der Waals surface area contributed by atoms with E-state index in [1.165, 1.54) is 4.57 Å². The van der Waals surface area contributed by atoms with E-state index in [0.717, 1.165) is 43.3 Å². The van der Waals surface area contributed by atoms with Crippen LogP contribution < -0.4 is 16.1 Å². The number of H-pyrrole nitrogens is 1. The summed E-state index contributed by atoms with van der Waals surface area (Å²) in [5.41, 5.74) is 3.04. The van der Waals surface area contributed by atoms with Crippen LogP contribution in [-0.2, 0) is 11.3 Å². The predicted octanol–water partition coefficient (Wildman–Crippen LogP) is 0.626. The second-order valence-electron chi connectivity index (χ2n) is 6.39. The van der Waals surface area contributed by atoms with E-state index in [9.17, 15) is 9.59 Å². The minimum atomic E-state index is -0.455. The van der Waals surface area contributed by atoms with Gasteiger partial charge in [-0.1, -0.05) is 12.1 Å². The summed E-state index contributed by atoms with van der Waals surface area (Å²) < 4.78 is 8.73. The minimum absolute atomic E-state index is 0.278. The molecule has 8 nitrogen and oxygen atoms in total. The molecule has 0 radical (unpaired) electrons. The SMILES string of the molecule is O=c1[nH]c(=O)n2c3c1ncn3C(c1ccc(N3CCOCC3)cc1)=CC2. The first-order chi connectivity index (χ1) is 12.7. The van der Waals surface area contributed by atoms with Crippen LogP contribution in [-0.4, -0.2) is 45.4 Å². The van der Waals surface area contributed by atoms with Crippen LogP contribution in [0.15, 0.2) is 46.3 Å². The number of aromatic amines is 1. The van der Waals surface area contributed by atoms with Crippen LogP contribution >= 0.6 is 0 Å². The third-order valence-electron chi connectivity index (χ3n) is 4.94. The highest BCUT2D eigenvalue weighted by Gasteiger charge is 2.20. The van der Waals surface area contributed by atoms with Crippen molar-refractivity contribution in [2.45, 2.75) is 6.54 Å². The maximum atomic E-state index is 12.1. The molecule has 0 atom stereocenters. The highest BCUT2D eigenvalue weighted by atomic mass is 16.5. The zero-order valence-corrected chi connectivity index (χ0v) is 14.0. The van der Waals surface area contributed by atoms with Crippen LogP contribution in [0.5, 0.6) is 0 Å². The van der Waals surface area contributed by atoms with Gasteiger partial charge in [0.2, 0.25) is 0 Å². The molecule has 5 rings (SSSR count). The van der Waals surface area contributed by atoms with Gasteiger partial charge >= 0.3 is 5.69 Å². The molecule has 2 aliphatic heterocycles. The summed E-state index contributed by atoms with van der Waals surface area (Å²) in [6.07, 6.45) is 3.56. The third-order valence-corrected chi connectivity index (χ3v) is 4.94. The summed E-state index contributed by atoms with van der Waals surface area (Å²) in [5, 5.41) is 0. The van der Waals surface area contributed by atoms with Crippen molar-refractivity contribution in [2.24, 2.45) is 0 Å². The van der Waals surface area contributed by atoms with Gasteiger partial charge in [0, 0.05) is 25.3 Å². The second kappa shape index (κ2) is 5.70. The fourth-order valence-electron chi connectivity index (χ4n) is 3.62. The van der Waals surface area contributed by atoms with Crippen molar-refractivity contribution in [1.82, 2.24) is 19.1 Å². The van der Waals surface area contributed by atoms with Crippen LogP contribution in [0.4, 0.5) is 5.69 Å². The molecule has 1 fully saturated rings. The molecule has 0 aliphatic carbocycles. The molecule has 1 saturated heterocycles. The summed E-state index contributed by atoms with van der Waals surface area (Å²) in [5.74, 6) is 0. The van der Waals surface area contributed by atoms with Crippen molar-refractivity contribution in [3.05, 3.63) is 63.1 Å². The van der Waals surface area contributed by atoms with E-state index in [-0.39, 0.29) is 5.52 Å². The van der Waals surface area contributed by atoms with Gasteiger partial charge in [-0.15, -0.1) is 0 Å². The zero-order valence-electron chi connectivity index (χ0n) is 14.0. The molecule has 2 aliphatic rings. The topological polar surface area (TPSA) is 85.2 Å². The summed E-state index contributed by atoms with van der Waals surface area (Å²) in [6, 6.07) is 8.30. The quantitative estimate of drug-likeness (QED) is 0.732. The van der Waals surface area contributed by atoms with Gasteiger partial charge < -0.3 is 9.64 Å². The molecule has 0 saturated carbocycles. The number of aromatic nitrogens is 4. The number of benzene rings is 1. The lowest BCUT2D eigenvalue weighted by Gasteiger charge is -2.29. The van der Waals surface area contributed by atoms with E-state index in [1.807, 2.05) is 6.08 Å². The maximum absolute atomic E-state index is 12.1. The van der Waals surface area contributed by atoms with Gasteiger partial charge in [-0.3, -0.25) is 18.9 Å². The standard InChI is InChI=1S/C18H17N5O3/c24-16-15-17-22(18(25)20-16)6-5-14(23(17)11-19-15)12-1-3-13(4-2-12)21-7-9-26-10-8-21/h1-5,11H,6-10H2,(H,20,24,25). The molecule has 132 valence electrons. The second-order valence-corrected chi connectivity index (χ2v) is 6.39. The van der Waals surface area contributed by atoms with E-state index in [4.69, 9.17) is 4.74 Å². The van der Waals surface area contributed by atoms with Crippen molar-refractivity contribution in [1.29, 1.82) is 0 Å². The van der Waals surface area contributed by atoms with Gasteiger partial charge in [0.05, 0.1) is 18.9 Å². The Kier molecular flexibility index (Phi) is 3.32. The van der Waals surface area contributed by atoms with Gasteiger partial charge in [-0.25, -0.2) is 9.78 Å². The zero-order chi connectivity index (χ0) is 17.7. The van der Waals surface area contributed by atoms with E-state index in [1.54, 1.807) is 10.9 Å². The fourth-order valence-corrected chi connectivity index (χ4v) is 3.62. The van der Waals surface area contributed by atoms with Crippen LogP contribution in [0, 0.1) is 0 Å². The number of ether oxygens (including phenoxy) is 1. The smallest absolute Gasteiger partial charge is 0.330 e. The van der Waals surface area contributed by atoms with Gasteiger partial charge in [-0.2, -0.15) is 0 Å². The summed E-state index contributed by atoms with van der Waals surface area (Å²) in [7, 11) is 0. The van der Waals surface area contributed by atoms with Crippen molar-refractivity contribution in [2.75, 3.05) is 31.2 Å². The Morgan fingerprint density at radius 1 is 1.08 bits per heavy atom. The number of nitrogens with zero attached hydrogens (tertiary/aromatic N) is 4. The molecule has 8 heteroatoms. The van der Waals surface area contributed by atoms with Crippen molar-refractivity contribution >= 4 is 22.5 Å². The summed E-state index contributed by atoms with van der Waals surface area (Å²) in [6.45, 7) is 3.69. The van der Waals surface area contributed by atoms with Gasteiger partial charge in [0.25, 0.3) is 5.56 Å². The molecule has 0 unspecified atom stereocenters. The maximum Gasteiger partial charge on any atom is 0.330 e. The molecular weight excluding hydrogens is 334 g/mol. The van der Waals surface area contributed by atoms with Gasteiger partial charge in [0.15, 0.2) is 11.2 Å². The first-order valence-corrected chi connectivity index (χ1v) is 8.56. The molecule has 2 aromatic heterocycles. The number of anilines is 1. The molecule has 0 bridgehead atoms. The van der Waals surface area contributed by atoms with Gasteiger partial charge in [0.1, 0.15) is 6.33 Å². The number of hydrogen-bond donors (Lipinski definition) is 1. The first kappa shape index (κ1) is 15.2. The molecular formula is C18H17N5O3. The van der Waals surface area contributed by atoms with Gasteiger partial charge in [-0.05, 0) is 23.8 Å². The third kappa shape index (κ3) is 2.22. The lowest BCUT2D eigenvalue weighted by Crippen LogP contribution is -2.36. The Hall–Kier alpha value is -3.13. The lowest BCUT2D eigenvalue weighted by molar-refractivity contribution is 0.122. The fraction of sp³-hybridized carbons (Fsp3) is 0.278. The molecule has 26 heavy (non-hydrogen) atoms. The number of morpholine rings is 1. The largest absolute Gasteiger partial charge is 0.378 e. The van der Waals surface area contributed by atoms with Crippen LogP contribution in [0.25, 0.3) is 16.9 Å². The number of nitrogens with one attached hydrogen (secondary N) is 1. The van der Waals surface area contributed by atoms with Crippen molar-refractivity contribution in [3.8, 4) is 0 Å². The number of hydrogen-bond acceptors (Lipinski definition) is 5.